The second-order valence-corrected chi connectivity index (χ2v) is 11.8. The third-order valence-electron chi connectivity index (χ3n) is 8.43. The van der Waals surface area contributed by atoms with Crippen LogP contribution in [0.25, 0.3) is 10.9 Å². The summed E-state index contributed by atoms with van der Waals surface area (Å²) in [6, 6.07) is 26.3. The fourth-order valence-corrected chi connectivity index (χ4v) is 5.85. The van der Waals surface area contributed by atoms with Crippen molar-refractivity contribution in [3.63, 3.8) is 0 Å². The van der Waals surface area contributed by atoms with Gasteiger partial charge in [-0.05, 0) is 60.7 Å². The number of rotatable bonds is 11. The van der Waals surface area contributed by atoms with Crippen molar-refractivity contribution < 1.29 is 32.6 Å². The lowest BCUT2D eigenvalue weighted by atomic mass is 10.0. The van der Waals surface area contributed by atoms with Crippen LogP contribution in [-0.2, 0) is 35.4 Å². The van der Waals surface area contributed by atoms with Crippen molar-refractivity contribution in [1.29, 1.82) is 0 Å². The van der Waals surface area contributed by atoms with Gasteiger partial charge in [-0.15, -0.1) is 10.2 Å². The molecule has 0 aliphatic carbocycles. The molecule has 2 aromatic heterocycles. The number of ether oxygens (including phenoxy) is 1. The molecule has 1 aliphatic heterocycles. The van der Waals surface area contributed by atoms with Gasteiger partial charge >= 0.3 is 12.1 Å². The second kappa shape index (κ2) is 16.3. The van der Waals surface area contributed by atoms with Crippen LogP contribution in [0.4, 0.5) is 13.2 Å². The van der Waals surface area contributed by atoms with E-state index in [1.807, 2.05) is 36.5 Å². The van der Waals surface area contributed by atoms with Crippen LogP contribution in [0.2, 0.25) is 0 Å². The quantitative estimate of drug-likeness (QED) is 0.139. The fraction of sp³-hybridized carbons (Fsp3) is 0.333. The van der Waals surface area contributed by atoms with Gasteiger partial charge < -0.3 is 30.0 Å². The summed E-state index contributed by atoms with van der Waals surface area (Å²) in [6.45, 7) is 1.46. The Labute approximate surface area is 281 Å². The number of carboxylic acids is 1. The number of nitrogens with zero attached hydrogens (tertiary/aromatic N) is 3. The number of carboxylic acid groups (broad SMARTS) is 1. The van der Waals surface area contributed by atoms with E-state index in [2.05, 4.69) is 68.7 Å². The topological polar surface area (TPSA) is 134 Å². The van der Waals surface area contributed by atoms with Crippen molar-refractivity contribution in [3.8, 4) is 5.75 Å². The molecule has 5 aromatic rings. The molecule has 49 heavy (non-hydrogen) atoms. The maximum atomic E-state index is 13.6. The van der Waals surface area contributed by atoms with Crippen LogP contribution >= 0.6 is 0 Å². The smallest absolute Gasteiger partial charge is 0.490 e. The Morgan fingerprint density at radius 3 is 2.37 bits per heavy atom. The lowest BCUT2D eigenvalue weighted by Gasteiger charge is -2.26. The van der Waals surface area contributed by atoms with Gasteiger partial charge in [0.25, 0.3) is 0 Å². The fourth-order valence-electron chi connectivity index (χ4n) is 5.85. The van der Waals surface area contributed by atoms with Crippen LogP contribution in [0, 0.1) is 0 Å². The largest absolute Gasteiger partial charge is 0.497 e. The highest BCUT2D eigenvalue weighted by Crippen LogP contribution is 2.26. The number of hydrogen-bond acceptors (Lipinski definition) is 6. The normalized spacial score (nSPS) is 15.2. The summed E-state index contributed by atoms with van der Waals surface area (Å²) in [4.78, 5) is 25.9. The molecule has 2 atom stereocenters. The van der Waals surface area contributed by atoms with Crippen molar-refractivity contribution in [2.24, 2.45) is 0 Å². The number of aromatic nitrogens is 4. The molecule has 1 aliphatic rings. The Kier molecular flexibility index (Phi) is 11.7. The molecule has 4 N–H and O–H groups in total. The van der Waals surface area contributed by atoms with E-state index in [1.54, 1.807) is 7.11 Å². The van der Waals surface area contributed by atoms with Gasteiger partial charge in [0.15, 0.2) is 5.82 Å². The molecule has 3 aromatic carbocycles. The number of nitrogens with one attached hydrogen (secondary N) is 3. The summed E-state index contributed by atoms with van der Waals surface area (Å²) in [5.41, 5.74) is 4.58. The first-order valence-electron chi connectivity index (χ1n) is 16.1. The number of aryl methyl sites for hydroxylation is 2. The van der Waals surface area contributed by atoms with Crippen molar-refractivity contribution >= 4 is 22.8 Å². The van der Waals surface area contributed by atoms with E-state index < -0.39 is 12.1 Å². The molecular formula is C36H39F3N6O4. The molecule has 0 unspecified atom stereocenters. The molecule has 1 amide bonds. The summed E-state index contributed by atoms with van der Waals surface area (Å²) in [5.74, 6) is -0.254. The number of piperidine rings is 1. The van der Waals surface area contributed by atoms with E-state index in [0.29, 0.717) is 13.0 Å². The van der Waals surface area contributed by atoms with E-state index in [0.717, 1.165) is 78.1 Å². The number of para-hydroxylation sites is 1. The molecular weight excluding hydrogens is 637 g/mol. The monoisotopic (exact) mass is 676 g/mol. The highest BCUT2D eigenvalue weighted by Gasteiger charge is 2.38. The minimum Gasteiger partial charge on any atom is -0.497 e. The number of carbonyl (C=O) groups excluding carboxylic acids is 1. The molecule has 6 rings (SSSR count). The number of halogens is 3. The Balaban J connectivity index is 0.000000606. The van der Waals surface area contributed by atoms with Gasteiger partial charge in [-0.3, -0.25) is 4.79 Å². The van der Waals surface area contributed by atoms with Crippen LogP contribution in [-0.4, -0.2) is 62.6 Å². The number of H-pyrrole nitrogens is 1. The number of benzene rings is 3. The van der Waals surface area contributed by atoms with Crippen molar-refractivity contribution in [2.75, 3.05) is 13.7 Å². The van der Waals surface area contributed by atoms with Crippen molar-refractivity contribution in [1.82, 2.24) is 30.4 Å². The van der Waals surface area contributed by atoms with Gasteiger partial charge in [0.05, 0.1) is 25.7 Å². The zero-order valence-corrected chi connectivity index (χ0v) is 27.0. The molecule has 3 heterocycles. The number of hydrogen-bond donors (Lipinski definition) is 4. The first-order valence-corrected chi connectivity index (χ1v) is 16.1. The summed E-state index contributed by atoms with van der Waals surface area (Å²) >= 11 is 0. The highest BCUT2D eigenvalue weighted by atomic mass is 19.4. The molecule has 0 radical (unpaired) electrons. The predicted octanol–water partition coefficient (Wildman–Crippen LogP) is 5.78. The zero-order chi connectivity index (χ0) is 34.8. The summed E-state index contributed by atoms with van der Waals surface area (Å²) in [6.07, 6.45) is 2.15. The van der Waals surface area contributed by atoms with E-state index >= 15 is 0 Å². The molecule has 1 fully saturated rings. The molecule has 258 valence electrons. The third-order valence-corrected chi connectivity index (χ3v) is 8.43. The molecule has 1 saturated heterocycles. The van der Waals surface area contributed by atoms with E-state index in [4.69, 9.17) is 24.8 Å². The van der Waals surface area contributed by atoms with E-state index in [9.17, 15) is 18.0 Å². The molecule has 13 heteroatoms. The van der Waals surface area contributed by atoms with Gasteiger partial charge in [0.1, 0.15) is 11.6 Å². The summed E-state index contributed by atoms with van der Waals surface area (Å²) in [7, 11) is 1.67. The molecule has 10 nitrogen and oxygen atoms in total. The Morgan fingerprint density at radius 2 is 1.69 bits per heavy atom. The minimum absolute atomic E-state index is 0.0179. The summed E-state index contributed by atoms with van der Waals surface area (Å²) in [5, 5.41) is 24.5. The van der Waals surface area contributed by atoms with Crippen LogP contribution in [0.5, 0.6) is 5.75 Å². The van der Waals surface area contributed by atoms with Crippen LogP contribution in [0.1, 0.15) is 53.6 Å². The van der Waals surface area contributed by atoms with Gasteiger partial charge in [0, 0.05) is 29.9 Å². The Hall–Kier alpha value is -5.17. The average Bonchev–Trinajstić information content (AvgIpc) is 3.71. The van der Waals surface area contributed by atoms with E-state index in [1.165, 1.54) is 5.56 Å². The molecule has 0 spiro atoms. The van der Waals surface area contributed by atoms with Gasteiger partial charge in [-0.2, -0.15) is 13.2 Å². The maximum Gasteiger partial charge on any atom is 0.490 e. The van der Waals surface area contributed by atoms with Gasteiger partial charge in [-0.1, -0.05) is 67.1 Å². The highest BCUT2D eigenvalue weighted by molar-refractivity contribution is 5.84. The second-order valence-electron chi connectivity index (χ2n) is 11.8. The number of carbonyl (C=O) groups is 2. The first kappa shape index (κ1) is 35.1. The van der Waals surface area contributed by atoms with Crippen LogP contribution in [0.15, 0.2) is 85.1 Å². The van der Waals surface area contributed by atoms with Crippen LogP contribution < -0.4 is 15.4 Å². The molecule has 0 bridgehead atoms. The van der Waals surface area contributed by atoms with Gasteiger partial charge in [0.2, 0.25) is 5.91 Å². The third kappa shape index (κ3) is 9.47. The predicted molar refractivity (Wildman–Crippen MR) is 178 cm³/mol. The minimum atomic E-state index is -5.08. The SMILES string of the molecule is COc1ccc(Cn2c(CCc3ccccc3)nnc2[C@@H](Cc2c[nH]c3ccccc23)NC(=O)[C@@H]2CCCCN2)cc1.O=C(O)C(F)(F)F. The number of aliphatic carboxylic acids is 1. The zero-order valence-electron chi connectivity index (χ0n) is 27.0. The number of methoxy groups -OCH3 is 1. The number of amides is 1. The number of aromatic amines is 1. The van der Waals surface area contributed by atoms with Crippen LogP contribution in [0.3, 0.4) is 0 Å². The lowest BCUT2D eigenvalue weighted by Crippen LogP contribution is -2.48. The van der Waals surface area contributed by atoms with E-state index in [-0.39, 0.29) is 18.0 Å². The lowest BCUT2D eigenvalue weighted by molar-refractivity contribution is -0.192. The standard InChI is InChI=1S/C34H38N6O2.C2HF3O2/c1-42-27-17-14-25(15-18-27)23-40-32(19-16-24-9-3-2-4-10-24)38-39-33(40)31(37-34(41)30-13-7-8-20-35-30)21-26-22-36-29-12-6-5-11-28(26)29;3-2(4,5)1(6)7/h2-6,9-12,14-15,17-18,22,30-31,35-36H,7-8,13,16,19-21,23H2,1H3,(H,37,41);(H,6,7)/t30-,31+;/m0./s1. The Bertz CT molecular complexity index is 1820. The number of fused-ring (bicyclic) bond motifs is 1. The molecule has 0 saturated carbocycles. The maximum absolute atomic E-state index is 13.6. The van der Waals surface area contributed by atoms with Crippen molar-refractivity contribution in [2.45, 2.75) is 63.3 Å². The summed E-state index contributed by atoms with van der Waals surface area (Å²) < 4.78 is 39.3. The van der Waals surface area contributed by atoms with Gasteiger partial charge in [-0.25, -0.2) is 4.79 Å². The number of alkyl halides is 3. The average molecular weight is 677 g/mol. The first-order chi connectivity index (χ1) is 23.6. The van der Waals surface area contributed by atoms with Crippen molar-refractivity contribution in [3.05, 3.63) is 113 Å². The Morgan fingerprint density at radius 1 is 0.980 bits per heavy atom.